The van der Waals surface area contributed by atoms with Crippen LogP contribution in [0.5, 0.6) is 5.75 Å². The number of aliphatic imine (C=N–C) groups is 1. The maximum Gasteiger partial charge on any atom is 0.193 e. The SMILES string of the molecule is COc1cccc(NC(N)=NCC2(c3cccc(Cl)c3)CC2)c1. The summed E-state index contributed by atoms with van der Waals surface area (Å²) in [4.78, 5) is 4.51. The third-order valence-corrected chi connectivity index (χ3v) is 4.42. The number of anilines is 1. The van der Waals surface area contributed by atoms with E-state index in [4.69, 9.17) is 22.1 Å². The van der Waals surface area contributed by atoms with E-state index in [2.05, 4.69) is 16.4 Å². The summed E-state index contributed by atoms with van der Waals surface area (Å²) in [6.07, 6.45) is 2.23. The Morgan fingerprint density at radius 3 is 2.74 bits per heavy atom. The van der Waals surface area contributed by atoms with Crippen LogP contribution in [0, 0.1) is 0 Å². The number of halogens is 1. The maximum atomic E-state index is 6.09. The normalized spacial score (nSPS) is 16.0. The van der Waals surface area contributed by atoms with Gasteiger partial charge in [0.25, 0.3) is 0 Å². The molecule has 0 radical (unpaired) electrons. The van der Waals surface area contributed by atoms with Gasteiger partial charge in [-0.3, -0.25) is 4.99 Å². The van der Waals surface area contributed by atoms with E-state index in [1.54, 1.807) is 7.11 Å². The van der Waals surface area contributed by atoms with Crippen molar-refractivity contribution in [2.75, 3.05) is 19.0 Å². The number of benzene rings is 2. The number of ether oxygens (including phenoxy) is 1. The highest BCUT2D eigenvalue weighted by molar-refractivity contribution is 6.30. The molecule has 5 heteroatoms. The van der Waals surface area contributed by atoms with Crippen LogP contribution in [0.1, 0.15) is 18.4 Å². The van der Waals surface area contributed by atoms with Gasteiger partial charge in [0.1, 0.15) is 5.75 Å². The van der Waals surface area contributed by atoms with E-state index in [1.165, 1.54) is 5.56 Å². The third kappa shape index (κ3) is 3.77. The standard InChI is InChI=1S/C18H20ClN3O/c1-23-16-7-3-6-15(11-16)22-17(20)21-12-18(8-9-18)13-4-2-5-14(19)10-13/h2-7,10-11H,8-9,12H2,1H3,(H3,20,21,22). The molecule has 0 aromatic heterocycles. The predicted octanol–water partition coefficient (Wildman–Crippen LogP) is 3.81. The van der Waals surface area contributed by atoms with Crippen LogP contribution >= 0.6 is 11.6 Å². The van der Waals surface area contributed by atoms with Crippen molar-refractivity contribution in [2.24, 2.45) is 10.7 Å². The molecular formula is C18H20ClN3O. The van der Waals surface area contributed by atoms with E-state index < -0.39 is 0 Å². The summed E-state index contributed by atoms with van der Waals surface area (Å²) in [6.45, 7) is 0.663. The number of rotatable bonds is 5. The van der Waals surface area contributed by atoms with Crippen LogP contribution in [0.25, 0.3) is 0 Å². The second-order valence-corrected chi connectivity index (χ2v) is 6.29. The van der Waals surface area contributed by atoms with Gasteiger partial charge in [-0.1, -0.05) is 29.8 Å². The Morgan fingerprint density at radius 1 is 1.26 bits per heavy atom. The lowest BCUT2D eigenvalue weighted by atomic mass is 9.96. The van der Waals surface area contributed by atoms with Crippen LogP contribution in [0.2, 0.25) is 5.02 Å². The van der Waals surface area contributed by atoms with Gasteiger partial charge < -0.3 is 15.8 Å². The summed E-state index contributed by atoms with van der Waals surface area (Å²) in [5, 5.41) is 3.87. The van der Waals surface area contributed by atoms with E-state index in [0.29, 0.717) is 12.5 Å². The van der Waals surface area contributed by atoms with Crippen molar-refractivity contribution in [1.29, 1.82) is 0 Å². The second-order valence-electron chi connectivity index (χ2n) is 5.85. The summed E-state index contributed by atoms with van der Waals surface area (Å²) in [5.41, 5.74) is 8.20. The number of nitrogens with zero attached hydrogens (tertiary/aromatic N) is 1. The van der Waals surface area contributed by atoms with E-state index in [-0.39, 0.29) is 5.41 Å². The molecule has 4 nitrogen and oxygen atoms in total. The lowest BCUT2D eigenvalue weighted by Crippen LogP contribution is -2.25. The first kappa shape index (κ1) is 15.7. The molecule has 23 heavy (non-hydrogen) atoms. The molecule has 1 aliphatic rings. The molecule has 0 heterocycles. The molecule has 3 rings (SSSR count). The van der Waals surface area contributed by atoms with Gasteiger partial charge in [0.2, 0.25) is 0 Å². The van der Waals surface area contributed by atoms with Crippen LogP contribution in [0.3, 0.4) is 0 Å². The summed E-state index contributed by atoms with van der Waals surface area (Å²) >= 11 is 6.09. The van der Waals surface area contributed by atoms with Crippen LogP contribution in [0.15, 0.2) is 53.5 Å². The van der Waals surface area contributed by atoms with Crippen molar-refractivity contribution in [1.82, 2.24) is 0 Å². The molecule has 3 N–H and O–H groups in total. The first-order valence-corrected chi connectivity index (χ1v) is 7.96. The number of hydrogen-bond acceptors (Lipinski definition) is 2. The summed E-state index contributed by atoms with van der Waals surface area (Å²) < 4.78 is 5.20. The fourth-order valence-electron chi connectivity index (χ4n) is 2.63. The highest BCUT2D eigenvalue weighted by atomic mass is 35.5. The van der Waals surface area contributed by atoms with E-state index in [9.17, 15) is 0 Å². The Morgan fingerprint density at radius 2 is 2.04 bits per heavy atom. The number of nitrogens with two attached hydrogens (primary N) is 1. The quantitative estimate of drug-likeness (QED) is 0.648. The van der Waals surface area contributed by atoms with Crippen molar-refractivity contribution in [2.45, 2.75) is 18.3 Å². The zero-order chi connectivity index (χ0) is 16.3. The highest BCUT2D eigenvalue weighted by Gasteiger charge is 2.44. The molecule has 120 valence electrons. The smallest absolute Gasteiger partial charge is 0.193 e. The van der Waals surface area contributed by atoms with E-state index in [0.717, 1.165) is 29.3 Å². The monoisotopic (exact) mass is 329 g/mol. The average Bonchev–Trinajstić information content (AvgIpc) is 3.34. The minimum absolute atomic E-state index is 0.0889. The van der Waals surface area contributed by atoms with Crippen LogP contribution < -0.4 is 15.8 Å². The molecule has 1 aliphatic carbocycles. The zero-order valence-electron chi connectivity index (χ0n) is 13.1. The van der Waals surface area contributed by atoms with Crippen LogP contribution in [0.4, 0.5) is 5.69 Å². The Kier molecular flexibility index (Phi) is 4.44. The number of nitrogens with one attached hydrogen (secondary N) is 1. The molecule has 1 saturated carbocycles. The van der Waals surface area contributed by atoms with Gasteiger partial charge in [-0.25, -0.2) is 0 Å². The summed E-state index contributed by atoms with van der Waals surface area (Å²) in [6, 6.07) is 15.6. The minimum Gasteiger partial charge on any atom is -0.497 e. The topological polar surface area (TPSA) is 59.6 Å². The van der Waals surface area contributed by atoms with Gasteiger partial charge in [-0.2, -0.15) is 0 Å². The largest absolute Gasteiger partial charge is 0.497 e. The highest BCUT2D eigenvalue weighted by Crippen LogP contribution is 2.48. The first-order valence-electron chi connectivity index (χ1n) is 7.58. The Balaban J connectivity index is 1.67. The molecule has 2 aromatic rings. The molecule has 0 atom stereocenters. The number of hydrogen-bond donors (Lipinski definition) is 2. The third-order valence-electron chi connectivity index (χ3n) is 4.18. The van der Waals surface area contributed by atoms with E-state index in [1.807, 2.05) is 42.5 Å². The van der Waals surface area contributed by atoms with Gasteiger partial charge in [0.15, 0.2) is 5.96 Å². The van der Waals surface area contributed by atoms with Crippen molar-refractivity contribution in [3.63, 3.8) is 0 Å². The van der Waals surface area contributed by atoms with Gasteiger partial charge in [0.05, 0.1) is 13.7 Å². The molecule has 0 unspecified atom stereocenters. The van der Waals surface area contributed by atoms with Crippen LogP contribution in [-0.2, 0) is 5.41 Å². The van der Waals surface area contributed by atoms with Gasteiger partial charge >= 0.3 is 0 Å². The Hall–Kier alpha value is -2.20. The molecule has 0 aliphatic heterocycles. The maximum absolute atomic E-state index is 6.09. The number of methoxy groups -OCH3 is 1. The van der Waals surface area contributed by atoms with E-state index >= 15 is 0 Å². The Bertz CT molecular complexity index is 726. The molecule has 0 saturated heterocycles. The zero-order valence-corrected chi connectivity index (χ0v) is 13.8. The predicted molar refractivity (Wildman–Crippen MR) is 95.5 cm³/mol. The Labute approximate surface area is 141 Å². The van der Waals surface area contributed by atoms with Gasteiger partial charge in [0, 0.05) is 22.2 Å². The second kappa shape index (κ2) is 6.50. The van der Waals surface area contributed by atoms with Gasteiger partial charge in [-0.05, 0) is 42.7 Å². The molecule has 0 bridgehead atoms. The van der Waals surface area contributed by atoms with Crippen LogP contribution in [-0.4, -0.2) is 19.6 Å². The average molecular weight is 330 g/mol. The van der Waals surface area contributed by atoms with Gasteiger partial charge in [-0.15, -0.1) is 0 Å². The molecule has 2 aromatic carbocycles. The molecule has 0 amide bonds. The lowest BCUT2D eigenvalue weighted by molar-refractivity contribution is 0.415. The number of guanidine groups is 1. The van der Waals surface area contributed by atoms with Crippen molar-refractivity contribution in [3.05, 3.63) is 59.1 Å². The fraction of sp³-hybridized carbons (Fsp3) is 0.278. The summed E-state index contributed by atoms with van der Waals surface area (Å²) in [5.74, 6) is 1.19. The molecular weight excluding hydrogens is 310 g/mol. The van der Waals surface area contributed by atoms with Crippen molar-refractivity contribution < 1.29 is 4.74 Å². The molecule has 0 spiro atoms. The first-order chi connectivity index (χ1) is 11.1. The summed E-state index contributed by atoms with van der Waals surface area (Å²) in [7, 11) is 1.64. The van der Waals surface area contributed by atoms with Crippen molar-refractivity contribution in [3.8, 4) is 5.75 Å². The van der Waals surface area contributed by atoms with Crippen molar-refractivity contribution >= 4 is 23.2 Å². The lowest BCUT2D eigenvalue weighted by Gasteiger charge is -2.14. The minimum atomic E-state index is 0.0889. The fourth-order valence-corrected chi connectivity index (χ4v) is 2.82. The molecule has 1 fully saturated rings.